The van der Waals surface area contributed by atoms with Gasteiger partial charge < -0.3 is 4.74 Å². The van der Waals surface area contributed by atoms with Crippen molar-refractivity contribution in [2.45, 2.75) is 111 Å². The summed E-state index contributed by atoms with van der Waals surface area (Å²) in [7, 11) is 0. The molecule has 0 saturated heterocycles. The van der Waals surface area contributed by atoms with Gasteiger partial charge in [-0.15, -0.1) is 0 Å². The van der Waals surface area contributed by atoms with Crippen LogP contribution in [-0.2, 0) is 9.53 Å². The lowest BCUT2D eigenvalue weighted by Gasteiger charge is -2.58. The number of carbonyl (C=O) groups excluding carboxylic acids is 1. The van der Waals surface area contributed by atoms with Gasteiger partial charge in [-0.05, 0) is 91.3 Å². The van der Waals surface area contributed by atoms with Crippen LogP contribution in [0.3, 0.4) is 0 Å². The van der Waals surface area contributed by atoms with Gasteiger partial charge in [-0.1, -0.05) is 65.5 Å². The molecule has 0 aliphatic heterocycles. The Morgan fingerprint density at radius 3 is 2.60 bits per heavy atom. The topological polar surface area (TPSA) is 26.3 Å². The molecule has 3 fully saturated rings. The normalized spacial score (nSPS) is 43.9. The molecule has 0 aromatic heterocycles. The number of fused-ring (bicyclic) bond motifs is 5. The molecule has 4 rings (SSSR count). The molecule has 2 heteroatoms. The van der Waals surface area contributed by atoms with E-state index in [1.165, 1.54) is 57.8 Å². The van der Waals surface area contributed by atoms with Gasteiger partial charge in [0.15, 0.2) is 0 Å². The zero-order chi connectivity index (χ0) is 21.5. The van der Waals surface area contributed by atoms with Crippen LogP contribution in [0.2, 0.25) is 0 Å². The Balaban J connectivity index is 1.47. The van der Waals surface area contributed by atoms with Crippen LogP contribution in [0.1, 0.15) is 105 Å². The van der Waals surface area contributed by atoms with Crippen LogP contribution in [0.4, 0.5) is 0 Å². The lowest BCUT2D eigenvalue weighted by Crippen LogP contribution is -2.51. The molecule has 2 nitrogen and oxygen atoms in total. The third kappa shape index (κ3) is 3.79. The molecule has 4 aliphatic rings. The molecule has 30 heavy (non-hydrogen) atoms. The first-order valence-electron chi connectivity index (χ1n) is 13.1. The van der Waals surface area contributed by atoms with E-state index < -0.39 is 0 Å². The van der Waals surface area contributed by atoms with Crippen molar-refractivity contribution >= 4 is 6.47 Å². The van der Waals surface area contributed by atoms with Crippen LogP contribution in [-0.4, -0.2) is 12.6 Å². The fourth-order valence-electron chi connectivity index (χ4n) is 8.85. The van der Waals surface area contributed by atoms with Gasteiger partial charge in [0.25, 0.3) is 6.47 Å². The number of hydrogen-bond acceptors (Lipinski definition) is 2. The minimum atomic E-state index is 0.120. The van der Waals surface area contributed by atoms with Gasteiger partial charge in [-0.3, -0.25) is 4.79 Å². The molecule has 0 amide bonds. The first kappa shape index (κ1) is 22.4. The van der Waals surface area contributed by atoms with E-state index in [-0.39, 0.29) is 6.10 Å². The van der Waals surface area contributed by atoms with Crippen molar-refractivity contribution < 1.29 is 9.53 Å². The van der Waals surface area contributed by atoms with E-state index in [0.717, 1.165) is 48.3 Å². The predicted molar refractivity (Wildman–Crippen MR) is 124 cm³/mol. The van der Waals surface area contributed by atoms with Crippen LogP contribution in [0.25, 0.3) is 0 Å². The van der Waals surface area contributed by atoms with Crippen LogP contribution in [0, 0.1) is 46.3 Å². The SMILES string of the molecule is CC(C)CCC[C@@H](C)[C@H]1CC[C@@H]2[C@@H]3CC=C4C[C@H](OC=O)CC[C@]4(C)[C@@H]3CC[C@@]21C. The molecule has 170 valence electrons. The van der Waals surface area contributed by atoms with Crippen molar-refractivity contribution in [3.05, 3.63) is 11.6 Å². The zero-order valence-electron chi connectivity index (χ0n) is 20.3. The van der Waals surface area contributed by atoms with Crippen molar-refractivity contribution in [2.24, 2.45) is 46.3 Å². The highest BCUT2D eigenvalue weighted by Gasteiger charge is 2.59. The number of hydrogen-bond donors (Lipinski definition) is 0. The highest BCUT2D eigenvalue weighted by atomic mass is 16.5. The second kappa shape index (κ2) is 8.62. The molecule has 0 aromatic rings. The van der Waals surface area contributed by atoms with E-state index in [2.05, 4.69) is 40.7 Å². The van der Waals surface area contributed by atoms with E-state index >= 15 is 0 Å². The van der Waals surface area contributed by atoms with E-state index in [1.54, 1.807) is 5.57 Å². The summed E-state index contributed by atoms with van der Waals surface area (Å²) >= 11 is 0. The summed E-state index contributed by atoms with van der Waals surface area (Å²) in [5, 5.41) is 0. The quantitative estimate of drug-likeness (QED) is 0.317. The van der Waals surface area contributed by atoms with Crippen LogP contribution in [0.15, 0.2) is 11.6 Å². The second-order valence-electron chi connectivity index (χ2n) is 12.4. The Morgan fingerprint density at radius 1 is 1.07 bits per heavy atom. The van der Waals surface area contributed by atoms with E-state index in [1.807, 2.05) is 0 Å². The van der Waals surface area contributed by atoms with Gasteiger partial charge in [0.05, 0.1) is 0 Å². The molecule has 0 bridgehead atoms. The predicted octanol–water partition coefficient (Wildman–Crippen LogP) is 7.57. The minimum absolute atomic E-state index is 0.120. The molecule has 0 spiro atoms. The summed E-state index contributed by atoms with van der Waals surface area (Å²) in [6.07, 6.45) is 17.2. The lowest BCUT2D eigenvalue weighted by atomic mass is 9.47. The van der Waals surface area contributed by atoms with Crippen molar-refractivity contribution in [3.8, 4) is 0 Å². The Labute approximate surface area is 185 Å². The fraction of sp³-hybridized carbons (Fsp3) is 0.893. The van der Waals surface area contributed by atoms with Gasteiger partial charge >= 0.3 is 0 Å². The molecule has 0 heterocycles. The number of carbonyl (C=O) groups is 1. The molecule has 4 aliphatic carbocycles. The monoisotopic (exact) mass is 414 g/mol. The maximum atomic E-state index is 10.8. The van der Waals surface area contributed by atoms with Gasteiger partial charge in [0.2, 0.25) is 0 Å². The smallest absolute Gasteiger partial charge is 0.293 e. The highest BCUT2D eigenvalue weighted by molar-refractivity contribution is 5.38. The summed E-state index contributed by atoms with van der Waals surface area (Å²) in [5.41, 5.74) is 2.54. The van der Waals surface area contributed by atoms with E-state index in [0.29, 0.717) is 17.3 Å². The summed E-state index contributed by atoms with van der Waals surface area (Å²) in [6.45, 7) is 13.2. The first-order chi connectivity index (χ1) is 14.3. The summed E-state index contributed by atoms with van der Waals surface area (Å²) in [5.74, 6) is 5.32. The molecule has 8 atom stereocenters. The Kier molecular flexibility index (Phi) is 6.44. The van der Waals surface area contributed by atoms with Crippen LogP contribution >= 0.6 is 0 Å². The largest absolute Gasteiger partial charge is 0.464 e. The standard InChI is InChI=1S/C28H46O2/c1-19(2)7-6-8-20(3)24-11-12-25-23-10-9-21-17-22(30-18-29)13-15-27(21,4)26(23)14-16-28(24,25)5/h9,18-20,22-26H,6-8,10-17H2,1-5H3/t20-,22-,23+,24-,25-,26-,27+,28-/m1/s1. The summed E-state index contributed by atoms with van der Waals surface area (Å²) in [6, 6.07) is 0. The third-order valence-electron chi connectivity index (χ3n) is 10.5. The van der Waals surface area contributed by atoms with Crippen molar-refractivity contribution in [1.82, 2.24) is 0 Å². The maximum Gasteiger partial charge on any atom is 0.293 e. The Morgan fingerprint density at radius 2 is 1.87 bits per heavy atom. The Bertz CT molecular complexity index is 651. The van der Waals surface area contributed by atoms with E-state index in [9.17, 15) is 4.79 Å². The van der Waals surface area contributed by atoms with Gasteiger partial charge in [-0.25, -0.2) is 0 Å². The summed E-state index contributed by atoms with van der Waals surface area (Å²) in [4.78, 5) is 10.8. The molecule has 0 unspecified atom stereocenters. The molecular weight excluding hydrogens is 368 g/mol. The minimum Gasteiger partial charge on any atom is -0.464 e. The summed E-state index contributed by atoms with van der Waals surface area (Å²) < 4.78 is 5.36. The molecule has 0 N–H and O–H groups in total. The fourth-order valence-corrected chi connectivity index (χ4v) is 8.85. The second-order valence-corrected chi connectivity index (χ2v) is 12.4. The third-order valence-corrected chi connectivity index (χ3v) is 10.5. The van der Waals surface area contributed by atoms with Crippen molar-refractivity contribution in [3.63, 3.8) is 0 Å². The van der Waals surface area contributed by atoms with Crippen LogP contribution in [0.5, 0.6) is 0 Å². The first-order valence-corrected chi connectivity index (χ1v) is 13.1. The van der Waals surface area contributed by atoms with Gasteiger partial charge in [0, 0.05) is 6.42 Å². The van der Waals surface area contributed by atoms with Gasteiger partial charge in [-0.2, -0.15) is 0 Å². The van der Waals surface area contributed by atoms with Crippen LogP contribution < -0.4 is 0 Å². The van der Waals surface area contributed by atoms with E-state index in [4.69, 9.17) is 4.74 Å². The zero-order valence-corrected chi connectivity index (χ0v) is 20.3. The number of allylic oxidation sites excluding steroid dienone is 1. The Hall–Kier alpha value is -0.790. The number of rotatable bonds is 7. The molecule has 3 saturated carbocycles. The number of ether oxygens (including phenoxy) is 1. The maximum absolute atomic E-state index is 10.8. The lowest BCUT2D eigenvalue weighted by molar-refractivity contribution is -0.136. The highest BCUT2D eigenvalue weighted by Crippen LogP contribution is 2.67. The average molecular weight is 415 g/mol. The molecular formula is C28H46O2. The average Bonchev–Trinajstić information content (AvgIpc) is 3.05. The van der Waals surface area contributed by atoms with Crippen molar-refractivity contribution in [1.29, 1.82) is 0 Å². The molecule has 0 aromatic carbocycles. The van der Waals surface area contributed by atoms with Crippen molar-refractivity contribution in [2.75, 3.05) is 0 Å². The molecule has 0 radical (unpaired) electrons. The van der Waals surface area contributed by atoms with Gasteiger partial charge in [0.1, 0.15) is 6.10 Å².